The molecule has 26 heavy (non-hydrogen) atoms. The minimum atomic E-state index is 0.658. The van der Waals surface area contributed by atoms with Crippen molar-refractivity contribution in [1.82, 2.24) is 10.1 Å². The minimum Gasteiger partial charge on any atom is -0.378 e. The van der Waals surface area contributed by atoms with E-state index in [1.54, 1.807) is 0 Å². The average molecular weight is 351 g/mol. The highest BCUT2D eigenvalue weighted by atomic mass is 16.5. The molecule has 0 bridgehead atoms. The molecule has 136 valence electrons. The number of benzene rings is 2. The van der Waals surface area contributed by atoms with Gasteiger partial charge in [0.05, 0.1) is 7.05 Å². The van der Waals surface area contributed by atoms with Gasteiger partial charge in [0.1, 0.15) is 6.54 Å². The zero-order valence-corrected chi connectivity index (χ0v) is 16.0. The molecule has 0 saturated heterocycles. The second-order valence-electron chi connectivity index (χ2n) is 6.93. The van der Waals surface area contributed by atoms with E-state index < -0.39 is 0 Å². The average Bonchev–Trinajstić information content (AvgIpc) is 3.10. The summed E-state index contributed by atoms with van der Waals surface area (Å²) in [6.45, 7) is 3.76. The van der Waals surface area contributed by atoms with Gasteiger partial charge in [0.2, 0.25) is 5.82 Å². The van der Waals surface area contributed by atoms with Gasteiger partial charge < -0.3 is 14.3 Å². The molecule has 1 atom stereocenters. The maximum absolute atomic E-state index is 5.45. The van der Waals surface area contributed by atoms with Crippen molar-refractivity contribution in [3.8, 4) is 11.4 Å². The molecule has 0 aliphatic rings. The monoisotopic (exact) mass is 351 g/mol. The van der Waals surface area contributed by atoms with Crippen molar-refractivity contribution in [3.05, 3.63) is 65.5 Å². The predicted octanol–water partition coefficient (Wildman–Crippen LogP) is 2.58. The van der Waals surface area contributed by atoms with E-state index in [2.05, 4.69) is 91.6 Å². The first kappa shape index (κ1) is 18.1. The van der Waals surface area contributed by atoms with E-state index in [0.717, 1.165) is 18.5 Å². The molecule has 1 unspecified atom stereocenters. The molecule has 0 aliphatic carbocycles. The molecule has 1 aromatic heterocycles. The molecule has 5 heteroatoms. The molecule has 0 aliphatic heterocycles. The third-order valence-electron chi connectivity index (χ3n) is 4.50. The Morgan fingerprint density at radius 2 is 1.58 bits per heavy atom. The Kier molecular flexibility index (Phi) is 5.68. The summed E-state index contributed by atoms with van der Waals surface area (Å²) >= 11 is 0. The van der Waals surface area contributed by atoms with Gasteiger partial charge in [-0.25, -0.2) is 0 Å². The van der Waals surface area contributed by atoms with Crippen molar-refractivity contribution in [2.45, 2.75) is 26.4 Å². The lowest BCUT2D eigenvalue weighted by Crippen LogP contribution is -3.06. The van der Waals surface area contributed by atoms with Crippen LogP contribution < -0.4 is 9.80 Å². The van der Waals surface area contributed by atoms with Crippen LogP contribution in [-0.2, 0) is 19.5 Å². The van der Waals surface area contributed by atoms with E-state index in [1.165, 1.54) is 21.7 Å². The molecular formula is C21H27N4O+. The van der Waals surface area contributed by atoms with Gasteiger partial charge in [0, 0.05) is 30.9 Å². The highest BCUT2D eigenvalue weighted by Gasteiger charge is 2.13. The fourth-order valence-electron chi connectivity index (χ4n) is 2.91. The lowest BCUT2D eigenvalue weighted by atomic mass is 10.1. The third kappa shape index (κ3) is 4.49. The van der Waals surface area contributed by atoms with Gasteiger partial charge in [0.25, 0.3) is 5.89 Å². The number of aromatic nitrogens is 2. The Balaban J connectivity index is 1.60. The number of aryl methyl sites for hydroxylation is 1. The second-order valence-corrected chi connectivity index (χ2v) is 6.93. The van der Waals surface area contributed by atoms with Crippen molar-refractivity contribution in [3.63, 3.8) is 0 Å². The lowest BCUT2D eigenvalue weighted by molar-refractivity contribution is -0.909. The molecule has 3 aromatic rings. The zero-order valence-electron chi connectivity index (χ0n) is 16.0. The highest BCUT2D eigenvalue weighted by Crippen LogP contribution is 2.16. The summed E-state index contributed by atoms with van der Waals surface area (Å²) in [6.07, 6.45) is 1.03. The third-order valence-corrected chi connectivity index (χ3v) is 4.50. The number of nitrogens with zero attached hydrogens (tertiary/aromatic N) is 3. The van der Waals surface area contributed by atoms with Gasteiger partial charge in [-0.2, -0.15) is 4.98 Å². The minimum absolute atomic E-state index is 0.658. The van der Waals surface area contributed by atoms with E-state index in [1.807, 2.05) is 0 Å². The maximum Gasteiger partial charge on any atom is 0.282 e. The Morgan fingerprint density at radius 1 is 0.923 bits per heavy atom. The van der Waals surface area contributed by atoms with E-state index in [0.29, 0.717) is 18.3 Å². The second kappa shape index (κ2) is 8.15. The number of hydrogen-bond donors (Lipinski definition) is 1. The Labute approximate surface area is 155 Å². The molecule has 0 radical (unpaired) electrons. The lowest BCUT2D eigenvalue weighted by Gasteiger charge is -2.14. The molecule has 5 nitrogen and oxygen atoms in total. The van der Waals surface area contributed by atoms with Crippen LogP contribution in [0.25, 0.3) is 11.4 Å². The van der Waals surface area contributed by atoms with Crippen molar-refractivity contribution in [2.24, 2.45) is 0 Å². The molecule has 0 spiro atoms. The SMILES string of the molecule is CCc1ccc(-c2noc(C[NH+](C)Cc3ccc(N(C)C)cc3)n2)cc1. The largest absolute Gasteiger partial charge is 0.378 e. The summed E-state index contributed by atoms with van der Waals surface area (Å²) in [5.74, 6) is 1.33. The van der Waals surface area contributed by atoms with Crippen LogP contribution in [0, 0.1) is 0 Å². The standard InChI is InChI=1S/C21H26N4O/c1-5-16-6-10-18(11-7-16)21-22-20(26-23-21)15-25(4)14-17-8-12-19(13-9-17)24(2)3/h6-13H,5,14-15H2,1-4H3/p+1. The van der Waals surface area contributed by atoms with Gasteiger partial charge in [-0.15, -0.1) is 0 Å². The fraction of sp³-hybridized carbons (Fsp3) is 0.333. The van der Waals surface area contributed by atoms with E-state index in [4.69, 9.17) is 4.52 Å². The van der Waals surface area contributed by atoms with Crippen LogP contribution in [0.2, 0.25) is 0 Å². The van der Waals surface area contributed by atoms with Gasteiger partial charge in [-0.05, 0) is 24.1 Å². The summed E-state index contributed by atoms with van der Waals surface area (Å²) in [6, 6.07) is 17.0. The van der Waals surface area contributed by atoms with Crippen molar-refractivity contribution in [2.75, 3.05) is 26.0 Å². The number of rotatable bonds is 7. The highest BCUT2D eigenvalue weighted by molar-refractivity contribution is 5.54. The van der Waals surface area contributed by atoms with Crippen LogP contribution in [0.1, 0.15) is 23.9 Å². The Hall–Kier alpha value is -2.66. The normalized spacial score (nSPS) is 12.2. The fourth-order valence-corrected chi connectivity index (χ4v) is 2.91. The van der Waals surface area contributed by atoms with Crippen LogP contribution in [0.4, 0.5) is 5.69 Å². The predicted molar refractivity (Wildman–Crippen MR) is 104 cm³/mol. The van der Waals surface area contributed by atoms with Crippen molar-refractivity contribution in [1.29, 1.82) is 0 Å². The van der Waals surface area contributed by atoms with Crippen LogP contribution in [-0.4, -0.2) is 31.3 Å². The number of hydrogen-bond acceptors (Lipinski definition) is 4. The van der Waals surface area contributed by atoms with Gasteiger partial charge in [0.15, 0.2) is 6.54 Å². The van der Waals surface area contributed by atoms with Crippen LogP contribution in [0.5, 0.6) is 0 Å². The van der Waals surface area contributed by atoms with E-state index >= 15 is 0 Å². The smallest absolute Gasteiger partial charge is 0.282 e. The summed E-state index contributed by atoms with van der Waals surface area (Å²) < 4.78 is 5.45. The van der Waals surface area contributed by atoms with Crippen LogP contribution in [0.3, 0.4) is 0 Å². The number of nitrogens with one attached hydrogen (secondary N) is 1. The topological polar surface area (TPSA) is 46.6 Å². The first-order valence-electron chi connectivity index (χ1n) is 9.04. The van der Waals surface area contributed by atoms with Crippen LogP contribution in [0.15, 0.2) is 53.1 Å². The first-order valence-corrected chi connectivity index (χ1v) is 9.04. The number of quaternary nitrogens is 1. The summed E-state index contributed by atoms with van der Waals surface area (Å²) in [7, 11) is 6.24. The summed E-state index contributed by atoms with van der Waals surface area (Å²) in [5.41, 5.74) is 4.81. The van der Waals surface area contributed by atoms with Crippen molar-refractivity contribution < 1.29 is 9.42 Å². The van der Waals surface area contributed by atoms with Gasteiger partial charge >= 0.3 is 0 Å². The zero-order chi connectivity index (χ0) is 18.5. The Bertz CT molecular complexity index is 822. The molecule has 0 saturated carbocycles. The van der Waals surface area contributed by atoms with Crippen LogP contribution >= 0.6 is 0 Å². The number of anilines is 1. The summed E-state index contributed by atoms with van der Waals surface area (Å²) in [4.78, 5) is 7.96. The Morgan fingerprint density at radius 3 is 2.19 bits per heavy atom. The molecule has 1 N–H and O–H groups in total. The maximum atomic E-state index is 5.45. The molecule has 1 heterocycles. The summed E-state index contributed by atoms with van der Waals surface area (Å²) in [5, 5.41) is 4.13. The van der Waals surface area contributed by atoms with Crippen molar-refractivity contribution >= 4 is 5.69 Å². The van der Waals surface area contributed by atoms with E-state index in [-0.39, 0.29) is 0 Å². The molecule has 0 fully saturated rings. The first-order chi connectivity index (χ1) is 12.5. The molecular weight excluding hydrogens is 324 g/mol. The quantitative estimate of drug-likeness (QED) is 0.711. The molecule has 2 aromatic carbocycles. The van der Waals surface area contributed by atoms with Gasteiger partial charge in [-0.1, -0.05) is 48.5 Å². The molecule has 0 amide bonds. The van der Waals surface area contributed by atoms with Gasteiger partial charge in [-0.3, -0.25) is 0 Å². The molecule has 3 rings (SSSR count). The van der Waals surface area contributed by atoms with E-state index in [9.17, 15) is 0 Å².